The SMILES string of the molecule is CN=C(NCc1oc2ccc(F)cc2c1C)Nc1ccc(OC)c(OC)c1. The van der Waals surface area contributed by atoms with E-state index in [2.05, 4.69) is 15.6 Å². The number of furan rings is 1. The van der Waals surface area contributed by atoms with Gasteiger partial charge < -0.3 is 24.5 Å². The molecule has 2 N–H and O–H groups in total. The van der Waals surface area contributed by atoms with Crippen molar-refractivity contribution in [3.63, 3.8) is 0 Å². The van der Waals surface area contributed by atoms with Gasteiger partial charge in [-0.15, -0.1) is 0 Å². The molecule has 0 amide bonds. The molecule has 0 spiro atoms. The van der Waals surface area contributed by atoms with E-state index in [0.717, 1.165) is 22.4 Å². The number of benzene rings is 2. The molecule has 0 saturated carbocycles. The predicted octanol–water partition coefficient (Wildman–Crippen LogP) is 4.09. The van der Waals surface area contributed by atoms with E-state index in [1.165, 1.54) is 12.1 Å². The summed E-state index contributed by atoms with van der Waals surface area (Å²) in [6.07, 6.45) is 0. The number of anilines is 1. The highest BCUT2D eigenvalue weighted by Crippen LogP contribution is 2.30. The Kier molecular flexibility index (Phi) is 5.49. The lowest BCUT2D eigenvalue weighted by atomic mass is 10.1. The van der Waals surface area contributed by atoms with Crippen LogP contribution in [0.25, 0.3) is 11.0 Å². The van der Waals surface area contributed by atoms with E-state index in [4.69, 9.17) is 13.9 Å². The zero-order valence-corrected chi connectivity index (χ0v) is 15.7. The van der Waals surface area contributed by atoms with Crippen LogP contribution in [0.4, 0.5) is 10.1 Å². The molecule has 3 rings (SSSR count). The van der Waals surface area contributed by atoms with Crippen LogP contribution in [0, 0.1) is 12.7 Å². The lowest BCUT2D eigenvalue weighted by molar-refractivity contribution is 0.355. The van der Waals surface area contributed by atoms with Crippen molar-refractivity contribution in [2.75, 3.05) is 26.6 Å². The Bertz CT molecular complexity index is 982. The number of rotatable bonds is 5. The summed E-state index contributed by atoms with van der Waals surface area (Å²) in [5.74, 6) is 2.28. The first-order valence-electron chi connectivity index (χ1n) is 8.43. The minimum Gasteiger partial charge on any atom is -0.493 e. The first-order valence-corrected chi connectivity index (χ1v) is 8.43. The van der Waals surface area contributed by atoms with Gasteiger partial charge in [-0.05, 0) is 37.3 Å². The number of ether oxygens (including phenoxy) is 2. The molecule has 0 atom stereocenters. The molecule has 2 aromatic carbocycles. The van der Waals surface area contributed by atoms with Crippen molar-refractivity contribution in [3.8, 4) is 11.5 Å². The number of hydrogen-bond donors (Lipinski definition) is 2. The van der Waals surface area contributed by atoms with Crippen LogP contribution in [-0.2, 0) is 6.54 Å². The van der Waals surface area contributed by atoms with Crippen LogP contribution in [-0.4, -0.2) is 27.2 Å². The third-order valence-electron chi connectivity index (χ3n) is 4.28. The zero-order valence-electron chi connectivity index (χ0n) is 15.7. The minimum atomic E-state index is -0.281. The quantitative estimate of drug-likeness (QED) is 0.522. The van der Waals surface area contributed by atoms with E-state index >= 15 is 0 Å². The number of aryl methyl sites for hydroxylation is 1. The Hall–Kier alpha value is -3.22. The Labute approximate surface area is 157 Å². The highest BCUT2D eigenvalue weighted by molar-refractivity contribution is 5.94. The average molecular weight is 371 g/mol. The molecule has 0 unspecified atom stereocenters. The van der Waals surface area contributed by atoms with Gasteiger partial charge in [0.15, 0.2) is 17.5 Å². The van der Waals surface area contributed by atoms with Crippen LogP contribution in [0.1, 0.15) is 11.3 Å². The summed E-state index contributed by atoms with van der Waals surface area (Å²) in [5, 5.41) is 7.16. The zero-order chi connectivity index (χ0) is 19.4. The Morgan fingerprint density at radius 3 is 2.59 bits per heavy atom. The molecule has 0 radical (unpaired) electrons. The fourth-order valence-electron chi connectivity index (χ4n) is 2.81. The molecule has 0 aliphatic rings. The largest absolute Gasteiger partial charge is 0.493 e. The number of methoxy groups -OCH3 is 2. The molecule has 0 aliphatic carbocycles. The first-order chi connectivity index (χ1) is 13.0. The maximum Gasteiger partial charge on any atom is 0.195 e. The molecule has 27 heavy (non-hydrogen) atoms. The second kappa shape index (κ2) is 7.99. The normalized spacial score (nSPS) is 11.5. The van der Waals surface area contributed by atoms with E-state index in [0.29, 0.717) is 29.6 Å². The number of nitrogens with zero attached hydrogens (tertiary/aromatic N) is 1. The number of aliphatic imine (C=N–C) groups is 1. The minimum absolute atomic E-state index is 0.281. The standard InChI is InChI=1S/C20H22FN3O3/c1-12-15-9-13(21)5-7-16(15)27-19(12)11-23-20(22-2)24-14-6-8-17(25-3)18(10-14)26-4/h5-10H,11H2,1-4H3,(H2,22,23,24). The predicted molar refractivity (Wildman–Crippen MR) is 104 cm³/mol. The van der Waals surface area contributed by atoms with Crippen molar-refractivity contribution in [2.45, 2.75) is 13.5 Å². The van der Waals surface area contributed by atoms with Crippen LogP contribution in [0.3, 0.4) is 0 Å². The molecule has 1 heterocycles. The van der Waals surface area contributed by atoms with E-state index in [1.54, 1.807) is 27.3 Å². The number of nitrogens with one attached hydrogen (secondary N) is 2. The van der Waals surface area contributed by atoms with Crippen LogP contribution in [0.5, 0.6) is 11.5 Å². The molecule has 6 nitrogen and oxygen atoms in total. The van der Waals surface area contributed by atoms with Crippen molar-refractivity contribution in [3.05, 3.63) is 53.5 Å². The van der Waals surface area contributed by atoms with Gasteiger partial charge in [0.25, 0.3) is 0 Å². The first kappa shape index (κ1) is 18.6. The fraction of sp³-hybridized carbons (Fsp3) is 0.250. The summed E-state index contributed by atoms with van der Waals surface area (Å²) in [5.41, 5.74) is 2.36. The summed E-state index contributed by atoms with van der Waals surface area (Å²) in [7, 11) is 4.85. The molecular weight excluding hydrogens is 349 g/mol. The molecule has 3 aromatic rings. The third-order valence-corrected chi connectivity index (χ3v) is 4.28. The highest BCUT2D eigenvalue weighted by Gasteiger charge is 2.12. The summed E-state index contributed by atoms with van der Waals surface area (Å²) in [4.78, 5) is 4.21. The van der Waals surface area contributed by atoms with Gasteiger partial charge in [0, 0.05) is 29.8 Å². The van der Waals surface area contributed by atoms with E-state index in [1.807, 2.05) is 25.1 Å². The summed E-state index contributed by atoms with van der Waals surface area (Å²) in [6.45, 7) is 2.32. The molecule has 0 fully saturated rings. The highest BCUT2D eigenvalue weighted by atomic mass is 19.1. The van der Waals surface area contributed by atoms with Gasteiger partial charge in [-0.1, -0.05) is 0 Å². The lowest BCUT2D eigenvalue weighted by Gasteiger charge is -2.13. The van der Waals surface area contributed by atoms with Crippen molar-refractivity contribution in [2.24, 2.45) is 4.99 Å². The molecule has 142 valence electrons. The van der Waals surface area contributed by atoms with Crippen LogP contribution in [0.15, 0.2) is 45.8 Å². The Balaban J connectivity index is 1.72. The van der Waals surface area contributed by atoms with Crippen LogP contribution >= 0.6 is 0 Å². The van der Waals surface area contributed by atoms with Gasteiger partial charge >= 0.3 is 0 Å². The maximum absolute atomic E-state index is 13.4. The fourth-order valence-corrected chi connectivity index (χ4v) is 2.81. The van der Waals surface area contributed by atoms with Crippen LogP contribution in [0.2, 0.25) is 0 Å². The van der Waals surface area contributed by atoms with Crippen molar-refractivity contribution >= 4 is 22.6 Å². The second-order valence-electron chi connectivity index (χ2n) is 5.91. The number of fused-ring (bicyclic) bond motifs is 1. The topological polar surface area (TPSA) is 68.0 Å². The molecule has 7 heteroatoms. The van der Waals surface area contributed by atoms with Gasteiger partial charge in [0.1, 0.15) is 17.2 Å². The van der Waals surface area contributed by atoms with E-state index in [-0.39, 0.29) is 5.82 Å². The van der Waals surface area contributed by atoms with E-state index < -0.39 is 0 Å². The van der Waals surface area contributed by atoms with Crippen LogP contribution < -0.4 is 20.1 Å². The van der Waals surface area contributed by atoms with Gasteiger partial charge in [0.2, 0.25) is 0 Å². The average Bonchev–Trinajstić information content (AvgIpc) is 3.00. The molecule has 0 bridgehead atoms. The monoisotopic (exact) mass is 371 g/mol. The lowest BCUT2D eigenvalue weighted by Crippen LogP contribution is -2.30. The van der Waals surface area contributed by atoms with Crippen molar-refractivity contribution in [1.29, 1.82) is 0 Å². The Morgan fingerprint density at radius 1 is 1.11 bits per heavy atom. The van der Waals surface area contributed by atoms with Gasteiger partial charge in [-0.3, -0.25) is 4.99 Å². The number of hydrogen-bond acceptors (Lipinski definition) is 4. The third kappa shape index (κ3) is 3.97. The van der Waals surface area contributed by atoms with Gasteiger partial charge in [-0.25, -0.2) is 4.39 Å². The van der Waals surface area contributed by atoms with E-state index in [9.17, 15) is 4.39 Å². The molecule has 1 aromatic heterocycles. The van der Waals surface area contributed by atoms with Crippen molar-refractivity contribution in [1.82, 2.24) is 5.32 Å². The smallest absolute Gasteiger partial charge is 0.195 e. The second-order valence-corrected chi connectivity index (χ2v) is 5.91. The molecule has 0 saturated heterocycles. The van der Waals surface area contributed by atoms with Crippen molar-refractivity contribution < 1.29 is 18.3 Å². The molecule has 0 aliphatic heterocycles. The molecular formula is C20H22FN3O3. The Morgan fingerprint density at radius 2 is 1.89 bits per heavy atom. The number of halogens is 1. The van der Waals surface area contributed by atoms with Gasteiger partial charge in [-0.2, -0.15) is 0 Å². The summed E-state index contributed by atoms with van der Waals surface area (Å²) >= 11 is 0. The number of guanidine groups is 1. The maximum atomic E-state index is 13.4. The van der Waals surface area contributed by atoms with Gasteiger partial charge in [0.05, 0.1) is 20.8 Å². The summed E-state index contributed by atoms with van der Waals surface area (Å²) in [6, 6.07) is 10.0. The summed E-state index contributed by atoms with van der Waals surface area (Å²) < 4.78 is 29.8.